The van der Waals surface area contributed by atoms with Gasteiger partial charge in [0.05, 0.1) is 24.2 Å². The van der Waals surface area contributed by atoms with Crippen molar-refractivity contribution >= 4 is 32.9 Å². The number of amides is 1. The molecule has 0 aliphatic carbocycles. The van der Waals surface area contributed by atoms with Crippen molar-refractivity contribution in [3.63, 3.8) is 0 Å². The summed E-state index contributed by atoms with van der Waals surface area (Å²) >= 11 is 3.41. The van der Waals surface area contributed by atoms with E-state index in [2.05, 4.69) is 44.9 Å². The molecule has 158 valence electrons. The average molecular weight is 478 g/mol. The predicted octanol–water partition coefficient (Wildman–Crippen LogP) is 5.51. The van der Waals surface area contributed by atoms with Crippen molar-refractivity contribution in [3.05, 3.63) is 94.2 Å². The Bertz CT molecular complexity index is 1200. The van der Waals surface area contributed by atoms with Crippen LogP contribution in [-0.2, 0) is 13.1 Å². The van der Waals surface area contributed by atoms with Crippen molar-refractivity contribution in [1.82, 2.24) is 14.9 Å². The number of hydrogen-bond acceptors (Lipinski definition) is 3. The van der Waals surface area contributed by atoms with Crippen molar-refractivity contribution in [3.8, 4) is 5.75 Å². The van der Waals surface area contributed by atoms with Gasteiger partial charge in [-0.15, -0.1) is 0 Å². The zero-order chi connectivity index (χ0) is 21.6. The lowest BCUT2D eigenvalue weighted by molar-refractivity contribution is 0.0949. The van der Waals surface area contributed by atoms with Crippen molar-refractivity contribution in [1.29, 1.82) is 0 Å². The Kier molecular flexibility index (Phi) is 6.67. The van der Waals surface area contributed by atoms with Gasteiger partial charge in [0, 0.05) is 16.6 Å². The maximum Gasteiger partial charge on any atom is 0.251 e. The van der Waals surface area contributed by atoms with Crippen LogP contribution in [0.3, 0.4) is 0 Å². The Morgan fingerprint density at radius 2 is 1.90 bits per heavy atom. The Morgan fingerprint density at radius 3 is 2.74 bits per heavy atom. The Hall–Kier alpha value is -3.12. The summed E-state index contributed by atoms with van der Waals surface area (Å²) in [5.41, 5.74) is 3.78. The lowest BCUT2D eigenvalue weighted by Gasteiger charge is -2.11. The minimum absolute atomic E-state index is 0.123. The van der Waals surface area contributed by atoms with Crippen LogP contribution in [0.4, 0.5) is 0 Å². The normalized spacial score (nSPS) is 10.9. The van der Waals surface area contributed by atoms with Crippen molar-refractivity contribution in [2.24, 2.45) is 0 Å². The van der Waals surface area contributed by atoms with Crippen LogP contribution in [0.15, 0.2) is 77.3 Å². The van der Waals surface area contributed by atoms with Crippen LogP contribution >= 0.6 is 15.9 Å². The summed E-state index contributed by atoms with van der Waals surface area (Å²) in [5, 5.41) is 2.99. The molecule has 5 nitrogen and oxygen atoms in total. The fourth-order valence-electron chi connectivity index (χ4n) is 3.52. The molecule has 0 radical (unpaired) electrons. The molecule has 1 N–H and O–H groups in total. The topological polar surface area (TPSA) is 56.1 Å². The largest absolute Gasteiger partial charge is 0.494 e. The number of nitrogens with zero attached hydrogens (tertiary/aromatic N) is 2. The summed E-state index contributed by atoms with van der Waals surface area (Å²) in [7, 11) is 0. The molecule has 4 aromatic rings. The van der Waals surface area contributed by atoms with Crippen LogP contribution in [0.5, 0.6) is 5.75 Å². The number of rotatable bonds is 8. The molecule has 1 aromatic heterocycles. The minimum atomic E-state index is -0.123. The first-order valence-electron chi connectivity index (χ1n) is 10.3. The molecule has 6 heteroatoms. The highest BCUT2D eigenvalue weighted by atomic mass is 79.9. The monoisotopic (exact) mass is 477 g/mol. The first-order valence-corrected chi connectivity index (χ1v) is 11.1. The molecule has 1 amide bonds. The van der Waals surface area contributed by atoms with Crippen LogP contribution < -0.4 is 10.1 Å². The Balaban J connectivity index is 1.43. The van der Waals surface area contributed by atoms with Crippen molar-refractivity contribution < 1.29 is 9.53 Å². The maximum atomic E-state index is 12.6. The summed E-state index contributed by atoms with van der Waals surface area (Å²) in [5.74, 6) is 1.60. The van der Waals surface area contributed by atoms with Gasteiger partial charge < -0.3 is 14.6 Å². The maximum absolute atomic E-state index is 12.6. The summed E-state index contributed by atoms with van der Waals surface area (Å²) in [4.78, 5) is 17.3. The standard InChI is InChI=1S/C25H24BrN3O2/c1-18-7-4-10-21(15-18)31-14-6-13-29-23-12-3-2-11-22(23)28-24(29)17-27-25(30)19-8-5-9-20(26)16-19/h2-5,7-12,15-16H,6,13-14,17H2,1H3,(H,27,30). The Labute approximate surface area is 190 Å². The molecule has 3 aromatic carbocycles. The van der Waals surface area contributed by atoms with Gasteiger partial charge in [0.15, 0.2) is 0 Å². The zero-order valence-corrected chi connectivity index (χ0v) is 18.9. The van der Waals surface area contributed by atoms with E-state index in [1.54, 1.807) is 12.1 Å². The van der Waals surface area contributed by atoms with E-state index in [4.69, 9.17) is 9.72 Å². The lowest BCUT2D eigenvalue weighted by Crippen LogP contribution is -2.25. The van der Waals surface area contributed by atoms with Gasteiger partial charge in [0.25, 0.3) is 5.91 Å². The van der Waals surface area contributed by atoms with Crippen LogP contribution in [0, 0.1) is 6.92 Å². The number of nitrogens with one attached hydrogen (secondary N) is 1. The third kappa shape index (κ3) is 5.33. The number of hydrogen-bond donors (Lipinski definition) is 1. The van der Waals surface area contributed by atoms with Crippen LogP contribution in [0.2, 0.25) is 0 Å². The molecule has 0 atom stereocenters. The number of carbonyl (C=O) groups excluding carboxylic acids is 1. The molecule has 31 heavy (non-hydrogen) atoms. The van der Waals surface area contributed by atoms with Gasteiger partial charge in [-0.05, 0) is 61.4 Å². The number of para-hydroxylation sites is 2. The van der Waals surface area contributed by atoms with Crippen LogP contribution in [0.1, 0.15) is 28.2 Å². The summed E-state index contributed by atoms with van der Waals surface area (Å²) in [6.45, 7) is 3.78. The summed E-state index contributed by atoms with van der Waals surface area (Å²) in [6, 6.07) is 23.5. The molecule has 0 spiro atoms. The first kappa shape index (κ1) is 21.1. The average Bonchev–Trinajstić information content (AvgIpc) is 3.12. The van der Waals surface area contributed by atoms with Crippen LogP contribution in [-0.4, -0.2) is 22.1 Å². The highest BCUT2D eigenvalue weighted by Gasteiger charge is 2.12. The van der Waals surface area contributed by atoms with E-state index in [1.165, 1.54) is 5.56 Å². The van der Waals surface area contributed by atoms with Gasteiger partial charge >= 0.3 is 0 Å². The van der Waals surface area contributed by atoms with Gasteiger partial charge in [-0.25, -0.2) is 4.98 Å². The minimum Gasteiger partial charge on any atom is -0.494 e. The molecule has 0 aliphatic rings. The highest BCUT2D eigenvalue weighted by molar-refractivity contribution is 9.10. The molecule has 0 fully saturated rings. The SMILES string of the molecule is Cc1cccc(OCCCn2c(CNC(=O)c3cccc(Br)c3)nc3ccccc32)c1. The van der Waals surface area contributed by atoms with Crippen molar-refractivity contribution in [2.45, 2.75) is 26.4 Å². The van der Waals surface area contributed by atoms with Gasteiger partial charge in [-0.1, -0.05) is 46.3 Å². The molecular weight excluding hydrogens is 454 g/mol. The van der Waals surface area contributed by atoms with E-state index in [-0.39, 0.29) is 5.91 Å². The zero-order valence-electron chi connectivity index (χ0n) is 17.3. The van der Waals surface area contributed by atoms with E-state index >= 15 is 0 Å². The second-order valence-electron chi connectivity index (χ2n) is 7.38. The van der Waals surface area contributed by atoms with E-state index in [9.17, 15) is 4.79 Å². The van der Waals surface area contributed by atoms with Crippen LogP contribution in [0.25, 0.3) is 11.0 Å². The molecule has 0 saturated carbocycles. The fourth-order valence-corrected chi connectivity index (χ4v) is 3.92. The molecule has 0 aliphatic heterocycles. The summed E-state index contributed by atoms with van der Waals surface area (Å²) in [6.07, 6.45) is 0.834. The molecular formula is C25H24BrN3O2. The fraction of sp³-hybridized carbons (Fsp3) is 0.200. The van der Waals surface area contributed by atoms with E-state index < -0.39 is 0 Å². The number of imidazole rings is 1. The molecule has 0 saturated heterocycles. The quantitative estimate of drug-likeness (QED) is 0.340. The number of fused-ring (bicyclic) bond motifs is 1. The number of carbonyl (C=O) groups is 1. The van der Waals surface area contributed by atoms with Gasteiger partial charge in [0.2, 0.25) is 0 Å². The number of ether oxygens (including phenoxy) is 1. The second-order valence-corrected chi connectivity index (χ2v) is 8.30. The second kappa shape index (κ2) is 9.79. The van der Waals surface area contributed by atoms with E-state index in [0.717, 1.165) is 40.0 Å². The van der Waals surface area contributed by atoms with Gasteiger partial charge in [-0.2, -0.15) is 0 Å². The molecule has 4 rings (SSSR count). The van der Waals surface area contributed by atoms with E-state index in [1.807, 2.05) is 48.5 Å². The number of halogens is 1. The molecule has 0 bridgehead atoms. The Morgan fingerprint density at radius 1 is 1.06 bits per heavy atom. The summed E-state index contributed by atoms with van der Waals surface area (Å²) < 4.78 is 8.94. The number of aryl methyl sites for hydroxylation is 2. The molecule has 0 unspecified atom stereocenters. The van der Waals surface area contributed by atoms with E-state index in [0.29, 0.717) is 18.7 Å². The lowest BCUT2D eigenvalue weighted by atomic mass is 10.2. The highest BCUT2D eigenvalue weighted by Crippen LogP contribution is 2.18. The third-order valence-corrected chi connectivity index (χ3v) is 5.51. The number of benzene rings is 3. The third-order valence-electron chi connectivity index (χ3n) is 5.01. The smallest absolute Gasteiger partial charge is 0.251 e. The van der Waals surface area contributed by atoms with Gasteiger partial charge in [0.1, 0.15) is 11.6 Å². The molecule has 1 heterocycles. The van der Waals surface area contributed by atoms with Crippen molar-refractivity contribution in [2.75, 3.05) is 6.61 Å². The predicted molar refractivity (Wildman–Crippen MR) is 126 cm³/mol. The first-order chi connectivity index (χ1) is 15.1. The number of aromatic nitrogens is 2. The van der Waals surface area contributed by atoms with Gasteiger partial charge in [-0.3, -0.25) is 4.79 Å².